The Bertz CT molecular complexity index is 674. The second-order valence-electron chi connectivity index (χ2n) is 4.44. The topological polar surface area (TPSA) is 41.1 Å². The lowest BCUT2D eigenvalue weighted by Crippen LogP contribution is -2.06. The van der Waals surface area contributed by atoms with E-state index in [0.29, 0.717) is 27.3 Å². The summed E-state index contributed by atoms with van der Waals surface area (Å²) >= 11 is 18.2. The highest BCUT2D eigenvalue weighted by Gasteiger charge is 2.06. The number of carbonyl (C=O) groups excluding carboxylic acids is 1. The van der Waals surface area contributed by atoms with E-state index in [1.54, 1.807) is 18.2 Å². The second kappa shape index (κ2) is 7.03. The molecule has 0 unspecified atom stereocenters. The zero-order valence-corrected chi connectivity index (χ0v) is 13.5. The van der Waals surface area contributed by atoms with E-state index in [9.17, 15) is 4.79 Å². The predicted octanol–water partition coefficient (Wildman–Crippen LogP) is 5.22. The molecule has 0 saturated heterocycles. The molecule has 0 aliphatic rings. The van der Waals surface area contributed by atoms with Crippen molar-refractivity contribution in [3.63, 3.8) is 0 Å². The molecule has 0 aliphatic carbocycles. The third kappa shape index (κ3) is 4.27. The monoisotopic (exact) mass is 342 g/mol. The van der Waals surface area contributed by atoms with Gasteiger partial charge in [-0.25, -0.2) is 0 Å². The summed E-state index contributed by atoms with van der Waals surface area (Å²) in [6.45, 7) is 1.96. The maximum Gasteiger partial charge on any atom is 0.221 e. The molecule has 0 bridgehead atoms. The first-order valence-electron chi connectivity index (χ1n) is 6.21. The lowest BCUT2D eigenvalue weighted by atomic mass is 10.2. The van der Waals surface area contributed by atoms with Crippen LogP contribution in [0.2, 0.25) is 15.1 Å². The van der Waals surface area contributed by atoms with Gasteiger partial charge >= 0.3 is 0 Å². The zero-order chi connectivity index (χ0) is 15.4. The van der Waals surface area contributed by atoms with Gasteiger partial charge in [0.2, 0.25) is 5.91 Å². The Morgan fingerprint density at radius 3 is 2.52 bits per heavy atom. The van der Waals surface area contributed by atoms with Crippen LogP contribution in [0.3, 0.4) is 0 Å². The third-order valence-electron chi connectivity index (χ3n) is 2.79. The van der Waals surface area contributed by atoms with Crippen LogP contribution in [0.1, 0.15) is 12.5 Å². The van der Waals surface area contributed by atoms with Gasteiger partial charge in [0.15, 0.2) is 0 Å². The first kappa shape index (κ1) is 16.0. The summed E-state index contributed by atoms with van der Waals surface area (Å²) in [6, 6.07) is 10.8. The molecule has 0 saturated carbocycles. The molecule has 0 fully saturated rings. The molecule has 6 heteroatoms. The van der Waals surface area contributed by atoms with E-state index < -0.39 is 0 Å². The first-order valence-corrected chi connectivity index (χ1v) is 7.34. The van der Waals surface area contributed by atoms with Gasteiger partial charge < -0.3 is 10.6 Å². The van der Waals surface area contributed by atoms with Crippen LogP contribution in [0.5, 0.6) is 0 Å². The number of rotatable bonds is 4. The number of amides is 1. The maximum atomic E-state index is 11.0. The summed E-state index contributed by atoms with van der Waals surface area (Å²) in [7, 11) is 0. The average Bonchev–Trinajstić information content (AvgIpc) is 2.43. The van der Waals surface area contributed by atoms with Gasteiger partial charge in [0, 0.05) is 19.2 Å². The predicted molar refractivity (Wildman–Crippen MR) is 89.5 cm³/mol. The number of halogens is 3. The molecule has 2 aromatic carbocycles. The normalized spacial score (nSPS) is 10.3. The number of hydrogen-bond donors (Lipinski definition) is 2. The van der Waals surface area contributed by atoms with Crippen LogP contribution < -0.4 is 10.6 Å². The minimum atomic E-state index is -0.164. The molecule has 2 N–H and O–H groups in total. The fraction of sp³-hybridized carbons (Fsp3) is 0.133. The maximum absolute atomic E-state index is 11.0. The molecule has 21 heavy (non-hydrogen) atoms. The Morgan fingerprint density at radius 2 is 1.86 bits per heavy atom. The Kier molecular flexibility index (Phi) is 5.34. The van der Waals surface area contributed by atoms with E-state index in [0.717, 1.165) is 11.3 Å². The Balaban J connectivity index is 2.08. The number of benzene rings is 2. The van der Waals surface area contributed by atoms with E-state index in [-0.39, 0.29) is 5.91 Å². The standard InChI is InChI=1S/C15H13Cl3N2O/c1-9(21)20-14-6-5-11(7-13(14)17)19-8-10-3-2-4-12(16)15(10)18/h2-7,19H,8H2,1H3,(H,20,21). The SMILES string of the molecule is CC(=O)Nc1ccc(NCc2cccc(Cl)c2Cl)cc1Cl. The smallest absolute Gasteiger partial charge is 0.221 e. The molecule has 0 aliphatic heterocycles. The van der Waals surface area contributed by atoms with E-state index in [2.05, 4.69) is 10.6 Å². The minimum Gasteiger partial charge on any atom is -0.381 e. The van der Waals surface area contributed by atoms with Gasteiger partial charge in [0.05, 0.1) is 20.8 Å². The second-order valence-corrected chi connectivity index (χ2v) is 5.63. The first-order chi connectivity index (χ1) is 9.97. The van der Waals surface area contributed by atoms with Crippen LogP contribution in [0.25, 0.3) is 0 Å². The van der Waals surface area contributed by atoms with Crippen molar-refractivity contribution in [3.8, 4) is 0 Å². The average molecular weight is 344 g/mol. The van der Waals surface area contributed by atoms with Crippen molar-refractivity contribution < 1.29 is 4.79 Å². The van der Waals surface area contributed by atoms with Crippen LogP contribution in [-0.2, 0) is 11.3 Å². The highest BCUT2D eigenvalue weighted by Crippen LogP contribution is 2.28. The van der Waals surface area contributed by atoms with Crippen molar-refractivity contribution in [1.29, 1.82) is 0 Å². The zero-order valence-electron chi connectivity index (χ0n) is 11.2. The summed E-state index contributed by atoms with van der Waals surface area (Å²) < 4.78 is 0. The fourth-order valence-electron chi connectivity index (χ4n) is 1.80. The van der Waals surface area contributed by atoms with E-state index in [1.807, 2.05) is 18.2 Å². The molecule has 2 rings (SSSR count). The van der Waals surface area contributed by atoms with E-state index >= 15 is 0 Å². The van der Waals surface area contributed by atoms with Crippen molar-refractivity contribution in [3.05, 3.63) is 57.0 Å². The molecule has 0 heterocycles. The van der Waals surface area contributed by atoms with E-state index in [4.69, 9.17) is 34.8 Å². The van der Waals surface area contributed by atoms with E-state index in [1.165, 1.54) is 6.92 Å². The highest BCUT2D eigenvalue weighted by molar-refractivity contribution is 6.42. The molecular formula is C15H13Cl3N2O. The molecule has 110 valence electrons. The van der Waals surface area contributed by atoms with Crippen LogP contribution >= 0.6 is 34.8 Å². The van der Waals surface area contributed by atoms with Crippen LogP contribution in [0.4, 0.5) is 11.4 Å². The van der Waals surface area contributed by atoms with Crippen LogP contribution in [0, 0.1) is 0 Å². The minimum absolute atomic E-state index is 0.164. The molecule has 0 spiro atoms. The lowest BCUT2D eigenvalue weighted by molar-refractivity contribution is -0.114. The third-order valence-corrected chi connectivity index (χ3v) is 3.97. The molecule has 0 radical (unpaired) electrons. The van der Waals surface area contributed by atoms with Crippen LogP contribution in [-0.4, -0.2) is 5.91 Å². The molecule has 0 atom stereocenters. The molecular weight excluding hydrogens is 331 g/mol. The van der Waals surface area contributed by atoms with Crippen molar-refractivity contribution in [2.75, 3.05) is 10.6 Å². The van der Waals surface area contributed by atoms with Crippen molar-refractivity contribution in [1.82, 2.24) is 0 Å². The Labute approximate surface area is 138 Å². The van der Waals surface area contributed by atoms with Gasteiger partial charge in [-0.3, -0.25) is 4.79 Å². The highest BCUT2D eigenvalue weighted by atomic mass is 35.5. The molecule has 3 nitrogen and oxygen atoms in total. The van der Waals surface area contributed by atoms with Crippen LogP contribution in [0.15, 0.2) is 36.4 Å². The molecule has 0 aromatic heterocycles. The Hall–Kier alpha value is -1.42. The summed E-state index contributed by atoms with van der Waals surface area (Å²) in [5.41, 5.74) is 2.30. The summed E-state index contributed by atoms with van der Waals surface area (Å²) in [6.07, 6.45) is 0. The van der Waals surface area contributed by atoms with Gasteiger partial charge in [0.25, 0.3) is 0 Å². The summed E-state index contributed by atoms with van der Waals surface area (Å²) in [4.78, 5) is 11.0. The fourth-order valence-corrected chi connectivity index (χ4v) is 2.41. The lowest BCUT2D eigenvalue weighted by Gasteiger charge is -2.11. The van der Waals surface area contributed by atoms with Gasteiger partial charge in [-0.1, -0.05) is 46.9 Å². The largest absolute Gasteiger partial charge is 0.381 e. The van der Waals surface area contributed by atoms with Gasteiger partial charge in [0.1, 0.15) is 0 Å². The summed E-state index contributed by atoms with van der Waals surface area (Å²) in [5, 5.41) is 7.39. The molecule has 1 amide bonds. The van der Waals surface area contributed by atoms with Gasteiger partial charge in [-0.15, -0.1) is 0 Å². The van der Waals surface area contributed by atoms with Crippen molar-refractivity contribution in [2.45, 2.75) is 13.5 Å². The molecule has 2 aromatic rings. The number of anilines is 2. The van der Waals surface area contributed by atoms with Crippen molar-refractivity contribution >= 4 is 52.1 Å². The Morgan fingerprint density at radius 1 is 1.10 bits per heavy atom. The summed E-state index contributed by atoms with van der Waals surface area (Å²) in [5.74, 6) is -0.164. The number of nitrogens with one attached hydrogen (secondary N) is 2. The van der Waals surface area contributed by atoms with Gasteiger partial charge in [-0.05, 0) is 29.8 Å². The number of carbonyl (C=O) groups is 1. The van der Waals surface area contributed by atoms with Gasteiger partial charge in [-0.2, -0.15) is 0 Å². The van der Waals surface area contributed by atoms with Crippen molar-refractivity contribution in [2.24, 2.45) is 0 Å². The quantitative estimate of drug-likeness (QED) is 0.799. The number of hydrogen-bond acceptors (Lipinski definition) is 2.